The summed E-state index contributed by atoms with van der Waals surface area (Å²) >= 11 is 0. The van der Waals surface area contributed by atoms with E-state index < -0.39 is 16.2 Å². The van der Waals surface area contributed by atoms with Crippen LogP contribution in [0.15, 0.2) is 12.7 Å². The van der Waals surface area contributed by atoms with Crippen LogP contribution in [-0.2, 0) is 14.3 Å². The SMILES string of the molecule is C=C[C@H](N)COS(C)(=O)=O. The second kappa shape index (κ2) is 3.70. The Morgan fingerprint density at radius 3 is 2.60 bits per heavy atom. The van der Waals surface area contributed by atoms with Crippen LogP contribution in [0.5, 0.6) is 0 Å². The van der Waals surface area contributed by atoms with Crippen LogP contribution in [0.3, 0.4) is 0 Å². The molecule has 1 atom stereocenters. The highest BCUT2D eigenvalue weighted by Gasteiger charge is 2.03. The molecule has 60 valence electrons. The van der Waals surface area contributed by atoms with Crippen molar-refractivity contribution < 1.29 is 12.6 Å². The summed E-state index contributed by atoms with van der Waals surface area (Å²) in [4.78, 5) is 0. The molecule has 4 nitrogen and oxygen atoms in total. The Kier molecular flexibility index (Phi) is 3.55. The fourth-order valence-electron chi connectivity index (χ4n) is 0.270. The molecule has 0 aliphatic carbocycles. The summed E-state index contributed by atoms with van der Waals surface area (Å²) in [6.45, 7) is 3.32. The van der Waals surface area contributed by atoms with Crippen LogP contribution in [-0.4, -0.2) is 27.3 Å². The summed E-state index contributed by atoms with van der Waals surface area (Å²) in [5.41, 5.74) is 5.27. The molecule has 0 radical (unpaired) electrons. The predicted molar refractivity (Wildman–Crippen MR) is 39.0 cm³/mol. The zero-order valence-corrected chi connectivity index (χ0v) is 6.60. The molecule has 0 amide bonds. The second-order valence-electron chi connectivity index (χ2n) is 1.89. The van der Waals surface area contributed by atoms with E-state index in [4.69, 9.17) is 5.73 Å². The standard InChI is InChI=1S/C5H11NO3S/c1-3-5(6)4-9-10(2,7)8/h3,5H,1,4,6H2,2H3/t5-/m0/s1. The minimum Gasteiger partial charge on any atom is -0.323 e. The van der Waals surface area contributed by atoms with Gasteiger partial charge in [-0.1, -0.05) is 6.08 Å². The maximum Gasteiger partial charge on any atom is 0.264 e. The summed E-state index contributed by atoms with van der Waals surface area (Å²) < 4.78 is 25.0. The summed E-state index contributed by atoms with van der Waals surface area (Å²) in [5, 5.41) is 0. The molecular weight excluding hydrogens is 154 g/mol. The average Bonchev–Trinajstić information content (AvgIpc) is 1.81. The Hall–Kier alpha value is -0.390. The van der Waals surface area contributed by atoms with Crippen LogP contribution in [0.4, 0.5) is 0 Å². The van der Waals surface area contributed by atoms with E-state index in [-0.39, 0.29) is 6.61 Å². The van der Waals surface area contributed by atoms with Gasteiger partial charge in [-0.05, 0) is 0 Å². The van der Waals surface area contributed by atoms with Crippen LogP contribution in [0.2, 0.25) is 0 Å². The fourth-order valence-corrected chi connectivity index (χ4v) is 0.675. The molecule has 0 saturated heterocycles. The topological polar surface area (TPSA) is 69.4 Å². The largest absolute Gasteiger partial charge is 0.323 e. The molecule has 0 aromatic rings. The highest BCUT2D eigenvalue weighted by atomic mass is 32.2. The van der Waals surface area contributed by atoms with Crippen molar-refractivity contribution in [2.45, 2.75) is 6.04 Å². The first-order valence-electron chi connectivity index (χ1n) is 2.68. The zero-order valence-electron chi connectivity index (χ0n) is 5.78. The molecule has 0 saturated carbocycles. The molecule has 2 N–H and O–H groups in total. The maximum atomic E-state index is 10.3. The van der Waals surface area contributed by atoms with Gasteiger partial charge in [0.25, 0.3) is 10.1 Å². The van der Waals surface area contributed by atoms with Crippen LogP contribution in [0, 0.1) is 0 Å². The first-order valence-corrected chi connectivity index (χ1v) is 4.50. The van der Waals surface area contributed by atoms with E-state index >= 15 is 0 Å². The van der Waals surface area contributed by atoms with Gasteiger partial charge in [0, 0.05) is 6.04 Å². The molecule has 0 aliphatic heterocycles. The van der Waals surface area contributed by atoms with Gasteiger partial charge in [0.15, 0.2) is 0 Å². The molecule has 10 heavy (non-hydrogen) atoms. The first kappa shape index (κ1) is 9.61. The summed E-state index contributed by atoms with van der Waals surface area (Å²) in [6.07, 6.45) is 2.40. The zero-order chi connectivity index (χ0) is 8.20. The van der Waals surface area contributed by atoms with E-state index in [1.807, 2.05) is 0 Å². The van der Waals surface area contributed by atoms with Gasteiger partial charge in [-0.15, -0.1) is 6.58 Å². The molecule has 0 rings (SSSR count). The van der Waals surface area contributed by atoms with Gasteiger partial charge in [0.1, 0.15) is 0 Å². The van der Waals surface area contributed by atoms with E-state index in [9.17, 15) is 8.42 Å². The summed E-state index contributed by atoms with van der Waals surface area (Å²) in [7, 11) is -3.36. The van der Waals surface area contributed by atoms with E-state index in [2.05, 4.69) is 10.8 Å². The predicted octanol–water partition coefficient (Wildman–Crippen LogP) is -0.524. The minimum absolute atomic E-state index is 0.0394. The van der Waals surface area contributed by atoms with Gasteiger partial charge >= 0.3 is 0 Å². The Morgan fingerprint density at radius 1 is 1.80 bits per heavy atom. The number of hydrogen-bond donors (Lipinski definition) is 1. The van der Waals surface area contributed by atoms with Crippen molar-refractivity contribution >= 4 is 10.1 Å². The van der Waals surface area contributed by atoms with Crippen molar-refractivity contribution in [1.29, 1.82) is 0 Å². The smallest absolute Gasteiger partial charge is 0.264 e. The quantitative estimate of drug-likeness (QED) is 0.449. The van der Waals surface area contributed by atoms with Crippen molar-refractivity contribution in [2.24, 2.45) is 5.73 Å². The molecule has 0 aromatic heterocycles. The molecule has 5 heteroatoms. The monoisotopic (exact) mass is 165 g/mol. The number of hydrogen-bond acceptors (Lipinski definition) is 4. The van der Waals surface area contributed by atoms with E-state index in [0.717, 1.165) is 6.26 Å². The van der Waals surface area contributed by atoms with Gasteiger partial charge in [-0.25, -0.2) is 0 Å². The third-order valence-electron chi connectivity index (χ3n) is 0.777. The fraction of sp³-hybridized carbons (Fsp3) is 0.600. The van der Waals surface area contributed by atoms with E-state index in [0.29, 0.717) is 0 Å². The van der Waals surface area contributed by atoms with Gasteiger partial charge in [0.2, 0.25) is 0 Å². The highest BCUT2D eigenvalue weighted by Crippen LogP contribution is 1.88. The van der Waals surface area contributed by atoms with Gasteiger partial charge in [-0.3, -0.25) is 4.18 Å². The first-order chi connectivity index (χ1) is 4.45. The minimum atomic E-state index is -3.36. The Morgan fingerprint density at radius 2 is 2.30 bits per heavy atom. The van der Waals surface area contributed by atoms with Crippen LogP contribution in [0.1, 0.15) is 0 Å². The highest BCUT2D eigenvalue weighted by molar-refractivity contribution is 7.85. The van der Waals surface area contributed by atoms with Crippen LogP contribution >= 0.6 is 0 Å². The normalized spacial score (nSPS) is 14.6. The maximum absolute atomic E-state index is 10.3. The summed E-state index contributed by atoms with van der Waals surface area (Å²) in [6, 6.07) is -0.422. The van der Waals surface area contributed by atoms with Crippen molar-refractivity contribution in [1.82, 2.24) is 0 Å². The average molecular weight is 165 g/mol. The number of nitrogens with two attached hydrogens (primary N) is 1. The molecule has 0 aliphatic rings. The summed E-state index contributed by atoms with van der Waals surface area (Å²) in [5.74, 6) is 0. The molecule has 0 heterocycles. The van der Waals surface area contributed by atoms with Gasteiger partial charge in [0.05, 0.1) is 12.9 Å². The lowest BCUT2D eigenvalue weighted by atomic mass is 10.3. The molecule has 0 fully saturated rings. The van der Waals surface area contributed by atoms with Crippen molar-refractivity contribution in [3.05, 3.63) is 12.7 Å². The van der Waals surface area contributed by atoms with Gasteiger partial charge in [-0.2, -0.15) is 8.42 Å². The van der Waals surface area contributed by atoms with Crippen LogP contribution in [0.25, 0.3) is 0 Å². The van der Waals surface area contributed by atoms with E-state index in [1.165, 1.54) is 6.08 Å². The van der Waals surface area contributed by atoms with E-state index in [1.54, 1.807) is 0 Å². The Bertz CT molecular complexity index is 197. The third kappa shape index (κ3) is 5.74. The third-order valence-corrected chi connectivity index (χ3v) is 1.34. The molecule has 0 aromatic carbocycles. The lowest BCUT2D eigenvalue weighted by molar-refractivity contribution is 0.311. The number of rotatable bonds is 4. The molecule has 0 unspecified atom stereocenters. The molecule has 0 spiro atoms. The van der Waals surface area contributed by atoms with Crippen molar-refractivity contribution in [3.8, 4) is 0 Å². The lowest BCUT2D eigenvalue weighted by Gasteiger charge is -2.03. The van der Waals surface area contributed by atoms with Crippen molar-refractivity contribution in [2.75, 3.05) is 12.9 Å². The van der Waals surface area contributed by atoms with Gasteiger partial charge < -0.3 is 5.73 Å². The van der Waals surface area contributed by atoms with Crippen LogP contribution < -0.4 is 5.73 Å². The molecule has 0 bridgehead atoms. The second-order valence-corrected chi connectivity index (χ2v) is 3.53. The van der Waals surface area contributed by atoms with Crippen molar-refractivity contribution in [3.63, 3.8) is 0 Å². The Balaban J connectivity index is 3.66. The lowest BCUT2D eigenvalue weighted by Crippen LogP contribution is -2.24. The Labute approximate surface area is 60.8 Å². The molecular formula is C5H11NO3S.